The Morgan fingerprint density at radius 1 is 0.808 bits per heavy atom. The second-order valence-electron chi connectivity index (χ2n) is 6.38. The lowest BCUT2D eigenvalue weighted by Gasteiger charge is -2.28. The molecule has 0 bridgehead atoms. The molecule has 0 radical (unpaired) electrons. The topological polar surface area (TPSA) is 106 Å². The molecule has 2 aliphatic rings. The van der Waals surface area contributed by atoms with Crippen LogP contribution in [0.25, 0.3) is 0 Å². The Bertz CT molecular complexity index is 533. The summed E-state index contributed by atoms with van der Waals surface area (Å²) in [7, 11) is 3.71. The minimum Gasteiger partial charge on any atom is -0.440 e. The van der Waals surface area contributed by atoms with Crippen molar-refractivity contribution in [3.63, 3.8) is 0 Å². The molecule has 146 valence electrons. The molecule has 2 rings (SSSR count). The summed E-state index contributed by atoms with van der Waals surface area (Å²) in [6, 6.07) is 0. The first-order chi connectivity index (χ1) is 12.2. The largest absolute Gasteiger partial charge is 0.440 e. The second kappa shape index (κ2) is 8.28. The van der Waals surface area contributed by atoms with Gasteiger partial charge in [-0.3, -0.25) is 0 Å². The number of esters is 2. The fraction of sp³-hybridized carbons (Fsp3) is 0.625. The molecule has 0 spiro atoms. The fourth-order valence-corrected chi connectivity index (χ4v) is 2.44. The Labute approximate surface area is 152 Å². The lowest BCUT2D eigenvalue weighted by atomic mass is 10.2. The van der Waals surface area contributed by atoms with Crippen molar-refractivity contribution in [2.24, 2.45) is 0 Å². The van der Waals surface area contributed by atoms with Crippen molar-refractivity contribution >= 4 is 11.9 Å². The van der Waals surface area contributed by atoms with Crippen molar-refractivity contribution in [2.75, 3.05) is 27.4 Å². The van der Waals surface area contributed by atoms with Crippen LogP contribution < -0.4 is 0 Å². The molecule has 2 heterocycles. The summed E-state index contributed by atoms with van der Waals surface area (Å²) in [5, 5.41) is 19.8. The lowest BCUT2D eigenvalue weighted by Crippen LogP contribution is -2.46. The van der Waals surface area contributed by atoms with Crippen LogP contribution in [-0.2, 0) is 19.1 Å². The molecular formula is C16H26N4O6. The molecule has 0 aromatic carbocycles. The molecule has 2 aliphatic heterocycles. The molecule has 10 nitrogen and oxygen atoms in total. The maximum atomic E-state index is 12.0. The van der Waals surface area contributed by atoms with Gasteiger partial charge >= 0.3 is 11.9 Å². The summed E-state index contributed by atoms with van der Waals surface area (Å²) in [6.07, 6.45) is 1.69. The number of nitrogens with zero attached hydrogens (tertiary/aromatic N) is 4. The highest BCUT2D eigenvalue weighted by molar-refractivity contribution is 5.85. The average Bonchev–Trinajstić information content (AvgIpc) is 3.21. The first-order valence-corrected chi connectivity index (χ1v) is 8.24. The molecule has 4 unspecified atom stereocenters. The summed E-state index contributed by atoms with van der Waals surface area (Å²) < 4.78 is 10.2. The molecule has 26 heavy (non-hydrogen) atoms. The van der Waals surface area contributed by atoms with Crippen LogP contribution in [0.5, 0.6) is 0 Å². The summed E-state index contributed by atoms with van der Waals surface area (Å²) in [6.45, 7) is 4.28. The minimum absolute atomic E-state index is 0.518. The van der Waals surface area contributed by atoms with Gasteiger partial charge in [-0.25, -0.2) is 9.59 Å². The van der Waals surface area contributed by atoms with E-state index >= 15 is 0 Å². The molecule has 0 aromatic rings. The van der Waals surface area contributed by atoms with E-state index in [1.807, 2.05) is 23.9 Å². The Kier molecular flexibility index (Phi) is 6.32. The van der Waals surface area contributed by atoms with Gasteiger partial charge < -0.3 is 39.3 Å². The van der Waals surface area contributed by atoms with Crippen LogP contribution in [0, 0.1) is 0 Å². The van der Waals surface area contributed by atoms with Gasteiger partial charge in [0.1, 0.15) is 0 Å². The van der Waals surface area contributed by atoms with Crippen LogP contribution in [0.15, 0.2) is 24.8 Å². The number of carbonyl (C=O) groups excluding carboxylic acids is 2. The van der Waals surface area contributed by atoms with Gasteiger partial charge in [-0.05, 0) is 13.8 Å². The van der Waals surface area contributed by atoms with Gasteiger partial charge in [0.15, 0.2) is 24.7 Å². The Morgan fingerprint density at radius 3 is 1.42 bits per heavy atom. The van der Waals surface area contributed by atoms with Crippen molar-refractivity contribution in [3.8, 4) is 0 Å². The predicted octanol–water partition coefficient (Wildman–Crippen LogP) is -1.16. The molecule has 0 amide bonds. The second-order valence-corrected chi connectivity index (χ2v) is 6.38. The zero-order valence-electron chi connectivity index (χ0n) is 15.3. The third-order valence-electron chi connectivity index (χ3n) is 4.09. The van der Waals surface area contributed by atoms with E-state index in [1.54, 1.807) is 48.4 Å². The Morgan fingerprint density at radius 2 is 1.15 bits per heavy atom. The van der Waals surface area contributed by atoms with E-state index in [1.165, 1.54) is 0 Å². The smallest absolute Gasteiger partial charge is 0.340 e. The number of carbonyl (C=O) groups is 2. The lowest BCUT2D eigenvalue weighted by molar-refractivity contribution is -0.185. The third kappa shape index (κ3) is 4.79. The van der Waals surface area contributed by atoms with Gasteiger partial charge in [-0.15, -0.1) is 0 Å². The number of hydrogen-bond acceptors (Lipinski definition) is 10. The van der Waals surface area contributed by atoms with Crippen LogP contribution in [0.3, 0.4) is 0 Å². The van der Waals surface area contributed by atoms with Crippen LogP contribution in [-0.4, -0.2) is 93.8 Å². The Hall–Kier alpha value is -2.46. The number of aliphatic hydroxyl groups excluding tert-OH is 2. The summed E-state index contributed by atoms with van der Waals surface area (Å²) in [5.41, 5.74) is 0. The van der Waals surface area contributed by atoms with Crippen molar-refractivity contribution in [2.45, 2.75) is 38.5 Å². The van der Waals surface area contributed by atoms with E-state index < -0.39 is 36.6 Å². The van der Waals surface area contributed by atoms with E-state index in [9.17, 15) is 19.8 Å². The molecule has 10 heteroatoms. The van der Waals surface area contributed by atoms with Crippen molar-refractivity contribution < 1.29 is 29.3 Å². The Balaban J connectivity index is 1.82. The maximum Gasteiger partial charge on any atom is 0.340 e. The maximum absolute atomic E-state index is 12.0. The molecule has 2 N–H and O–H groups in total. The normalized spacial score (nSPS) is 21.0. The van der Waals surface area contributed by atoms with E-state index in [4.69, 9.17) is 9.47 Å². The van der Waals surface area contributed by atoms with Crippen molar-refractivity contribution in [1.29, 1.82) is 0 Å². The number of ether oxygens (including phenoxy) is 2. The van der Waals surface area contributed by atoms with Gasteiger partial charge in [-0.1, -0.05) is 0 Å². The molecular weight excluding hydrogens is 344 g/mol. The molecule has 0 aliphatic carbocycles. The average molecular weight is 370 g/mol. The van der Waals surface area contributed by atoms with Crippen molar-refractivity contribution in [1.82, 2.24) is 19.6 Å². The first kappa shape index (κ1) is 19.9. The molecule has 0 saturated carbocycles. The van der Waals surface area contributed by atoms with E-state index in [0.717, 1.165) is 0 Å². The summed E-state index contributed by atoms with van der Waals surface area (Å²) >= 11 is 0. The van der Waals surface area contributed by atoms with Crippen molar-refractivity contribution in [3.05, 3.63) is 24.8 Å². The van der Waals surface area contributed by atoms with Gasteiger partial charge in [-0.2, -0.15) is 0 Å². The summed E-state index contributed by atoms with van der Waals surface area (Å²) in [4.78, 5) is 31.2. The van der Waals surface area contributed by atoms with Gasteiger partial charge in [0.2, 0.25) is 0 Å². The van der Waals surface area contributed by atoms with Crippen LogP contribution in [0.4, 0.5) is 0 Å². The van der Waals surface area contributed by atoms with Crippen LogP contribution in [0.1, 0.15) is 13.8 Å². The molecule has 0 aromatic heterocycles. The monoisotopic (exact) mass is 370 g/mol. The van der Waals surface area contributed by atoms with E-state index in [0.29, 0.717) is 13.3 Å². The zero-order chi connectivity index (χ0) is 19.4. The number of hydrogen-bond donors (Lipinski definition) is 2. The van der Waals surface area contributed by atoms with E-state index in [2.05, 4.69) is 0 Å². The fourth-order valence-electron chi connectivity index (χ4n) is 2.44. The number of rotatable bonds is 7. The third-order valence-corrected chi connectivity index (χ3v) is 4.09. The molecule has 0 saturated heterocycles. The highest BCUT2D eigenvalue weighted by Gasteiger charge is 2.36. The summed E-state index contributed by atoms with van der Waals surface area (Å²) in [5.74, 6) is -2.20. The van der Waals surface area contributed by atoms with E-state index in [-0.39, 0.29) is 0 Å². The highest BCUT2D eigenvalue weighted by atomic mass is 16.6. The molecule has 4 atom stereocenters. The quantitative estimate of drug-likeness (QED) is 0.533. The first-order valence-electron chi connectivity index (χ1n) is 8.24. The van der Waals surface area contributed by atoms with Crippen LogP contribution >= 0.6 is 0 Å². The SMILES string of the molecule is CC(OC(=O)C(O)C(O)C(=O)OC(C)N1C=CN(C)C1)N1C=CN(C)C1. The minimum atomic E-state index is -2.03. The number of aliphatic hydroxyl groups is 2. The predicted molar refractivity (Wildman–Crippen MR) is 90.3 cm³/mol. The van der Waals surface area contributed by atoms with Gasteiger partial charge in [0, 0.05) is 38.9 Å². The zero-order valence-corrected chi connectivity index (χ0v) is 15.3. The standard InChI is InChI=1S/C16H26N4O6/c1-11(19-7-5-17(3)9-19)25-15(23)13(21)14(22)16(24)26-12(2)20-8-6-18(4)10-20/h5-8,11-14,21-22H,9-10H2,1-4H3. The molecule has 0 fully saturated rings. The van der Waals surface area contributed by atoms with Gasteiger partial charge in [0.25, 0.3) is 0 Å². The highest BCUT2D eigenvalue weighted by Crippen LogP contribution is 2.13. The van der Waals surface area contributed by atoms with Crippen LogP contribution in [0.2, 0.25) is 0 Å². The van der Waals surface area contributed by atoms with Gasteiger partial charge in [0.05, 0.1) is 13.3 Å².